The van der Waals surface area contributed by atoms with Crippen molar-refractivity contribution in [1.82, 2.24) is 10.6 Å². The molecule has 2 amide bonds. The van der Waals surface area contributed by atoms with E-state index in [1.165, 1.54) is 6.92 Å². The third-order valence-corrected chi connectivity index (χ3v) is 3.08. The molecule has 0 aliphatic rings. The highest BCUT2D eigenvalue weighted by molar-refractivity contribution is 5.92. The molecule has 0 aliphatic heterocycles. The maximum atomic E-state index is 10.9. The van der Waals surface area contributed by atoms with E-state index in [-0.39, 0.29) is 17.9 Å². The molecule has 0 aliphatic carbocycles. The minimum absolute atomic E-state index is 0.0469. The molecule has 5 heteroatoms. The molecule has 3 atom stereocenters. The number of nitrogens with one attached hydrogen (secondary N) is 2. The number of hydrogen-bond acceptors (Lipinski definition) is 3. The highest BCUT2D eigenvalue weighted by Crippen LogP contribution is 1.91. The Bertz CT molecular complexity index is 328. The Morgan fingerprint density at radius 3 is 1.43 bits per heavy atom. The van der Waals surface area contributed by atoms with E-state index in [1.807, 2.05) is 34.6 Å². The summed E-state index contributed by atoms with van der Waals surface area (Å²) in [5.41, 5.74) is 5.86. The quantitative estimate of drug-likeness (QED) is 0.655. The summed E-state index contributed by atoms with van der Waals surface area (Å²) in [4.78, 5) is 21.2. The van der Waals surface area contributed by atoms with Gasteiger partial charge in [0.25, 0.3) is 0 Å². The molecule has 3 unspecified atom stereocenters. The Hall–Kier alpha value is -1.36. The fourth-order valence-electron chi connectivity index (χ4n) is 0.898. The van der Waals surface area contributed by atoms with Crippen LogP contribution in [0.25, 0.3) is 0 Å². The minimum atomic E-state index is -0.0469. The average molecular weight is 330 g/mol. The van der Waals surface area contributed by atoms with E-state index in [0.717, 1.165) is 19.3 Å². The summed E-state index contributed by atoms with van der Waals surface area (Å²) in [7, 11) is 0. The lowest BCUT2D eigenvalue weighted by atomic mass is 10.2. The lowest BCUT2D eigenvalue weighted by Gasteiger charge is -2.10. The summed E-state index contributed by atoms with van der Waals surface area (Å²) in [5, 5.41) is 5.54. The summed E-state index contributed by atoms with van der Waals surface area (Å²) < 4.78 is 0. The molecule has 138 valence electrons. The highest BCUT2D eigenvalue weighted by atomic mass is 16.2. The first-order valence-electron chi connectivity index (χ1n) is 8.50. The van der Waals surface area contributed by atoms with Crippen molar-refractivity contribution < 1.29 is 9.59 Å². The first-order valence-corrected chi connectivity index (χ1v) is 8.50. The van der Waals surface area contributed by atoms with Gasteiger partial charge in [0, 0.05) is 30.6 Å². The second-order valence-corrected chi connectivity index (χ2v) is 5.96. The van der Waals surface area contributed by atoms with Crippen LogP contribution in [0.15, 0.2) is 12.2 Å². The monoisotopic (exact) mass is 329 g/mol. The Morgan fingerprint density at radius 1 is 0.913 bits per heavy atom. The fraction of sp³-hybridized carbons (Fsp3) is 0.778. The van der Waals surface area contributed by atoms with E-state index in [4.69, 9.17) is 5.73 Å². The molecule has 0 aromatic carbocycles. The zero-order valence-electron chi connectivity index (χ0n) is 16.5. The van der Waals surface area contributed by atoms with Crippen LogP contribution in [0, 0.1) is 0 Å². The van der Waals surface area contributed by atoms with Crippen molar-refractivity contribution in [3.8, 4) is 0 Å². The molecular weight excluding hydrogens is 290 g/mol. The average Bonchev–Trinajstić information content (AvgIpc) is 2.47. The second-order valence-electron chi connectivity index (χ2n) is 5.96. The lowest BCUT2D eigenvalue weighted by molar-refractivity contribution is -0.119. The smallest absolute Gasteiger partial charge is 0.246 e. The van der Waals surface area contributed by atoms with E-state index >= 15 is 0 Å². The topological polar surface area (TPSA) is 84.2 Å². The third-order valence-electron chi connectivity index (χ3n) is 3.08. The molecule has 0 aromatic heterocycles. The number of nitrogens with two attached hydrogens (primary N) is 1. The van der Waals surface area contributed by atoms with Crippen LogP contribution in [0.3, 0.4) is 0 Å². The molecule has 0 heterocycles. The Morgan fingerprint density at radius 2 is 1.26 bits per heavy atom. The van der Waals surface area contributed by atoms with Gasteiger partial charge in [-0.15, -0.1) is 0 Å². The first-order chi connectivity index (χ1) is 10.5. The number of amides is 2. The van der Waals surface area contributed by atoms with Crippen molar-refractivity contribution >= 4 is 11.8 Å². The summed E-state index contributed by atoms with van der Waals surface area (Å²) >= 11 is 0. The van der Waals surface area contributed by atoms with E-state index in [0.29, 0.717) is 17.7 Å². The van der Waals surface area contributed by atoms with Crippen LogP contribution in [-0.4, -0.2) is 29.9 Å². The van der Waals surface area contributed by atoms with Crippen LogP contribution < -0.4 is 16.4 Å². The van der Waals surface area contributed by atoms with Gasteiger partial charge in [-0.2, -0.15) is 0 Å². The molecule has 0 saturated carbocycles. The molecule has 5 nitrogen and oxygen atoms in total. The molecule has 0 radical (unpaired) electrons. The van der Waals surface area contributed by atoms with Crippen LogP contribution in [0.4, 0.5) is 0 Å². The summed E-state index contributed by atoms with van der Waals surface area (Å²) in [5.74, 6) is 0.00806. The summed E-state index contributed by atoms with van der Waals surface area (Å²) in [6.07, 6.45) is 3.04. The standard InChI is InChI=1S/C8H15NO.C6H13NO.C4H11N/c1-5-7(4)9-8(10)6(2)3;1-4-5(2)7-6(3)8;1-3-4(2)5/h7H,2,5H2,1,3-4H3,(H,9,10);5H,4H2,1-3H3,(H,7,8);4H,3,5H2,1-2H3. The van der Waals surface area contributed by atoms with Crippen LogP contribution in [0.2, 0.25) is 0 Å². The Balaban J connectivity index is -0.000000276. The first kappa shape index (κ1) is 26.5. The molecule has 0 fully saturated rings. The van der Waals surface area contributed by atoms with Crippen LogP contribution >= 0.6 is 0 Å². The largest absolute Gasteiger partial charge is 0.354 e. The van der Waals surface area contributed by atoms with Crippen LogP contribution in [-0.2, 0) is 9.59 Å². The van der Waals surface area contributed by atoms with Gasteiger partial charge >= 0.3 is 0 Å². The van der Waals surface area contributed by atoms with Gasteiger partial charge in [-0.25, -0.2) is 0 Å². The predicted molar refractivity (Wildman–Crippen MR) is 100 cm³/mol. The van der Waals surface area contributed by atoms with Crippen molar-refractivity contribution in [3.63, 3.8) is 0 Å². The van der Waals surface area contributed by atoms with Gasteiger partial charge in [-0.3, -0.25) is 9.59 Å². The molecular formula is C18H39N3O2. The molecule has 0 bridgehead atoms. The zero-order valence-corrected chi connectivity index (χ0v) is 16.5. The van der Waals surface area contributed by atoms with E-state index < -0.39 is 0 Å². The van der Waals surface area contributed by atoms with Gasteiger partial charge in [0.1, 0.15) is 0 Å². The minimum Gasteiger partial charge on any atom is -0.354 e. The van der Waals surface area contributed by atoms with E-state index in [9.17, 15) is 9.59 Å². The van der Waals surface area contributed by atoms with Gasteiger partial charge in [-0.1, -0.05) is 27.4 Å². The van der Waals surface area contributed by atoms with Crippen molar-refractivity contribution in [2.75, 3.05) is 0 Å². The van der Waals surface area contributed by atoms with Crippen molar-refractivity contribution in [2.24, 2.45) is 5.73 Å². The Kier molecular flexibility index (Phi) is 19.6. The Labute approximate surface area is 143 Å². The normalized spacial score (nSPS) is 13.1. The van der Waals surface area contributed by atoms with Gasteiger partial charge in [0.05, 0.1) is 0 Å². The molecule has 0 saturated heterocycles. The summed E-state index contributed by atoms with van der Waals surface area (Å²) in [6.45, 7) is 18.9. The SMILES string of the molecule is C=C(C)C(=O)NC(C)CC.CCC(C)N.CCC(C)NC(C)=O. The zero-order chi connectivity index (χ0) is 19.0. The van der Waals surface area contributed by atoms with Crippen molar-refractivity contribution in [1.29, 1.82) is 0 Å². The number of hydrogen-bond donors (Lipinski definition) is 3. The molecule has 0 aromatic rings. The van der Waals surface area contributed by atoms with Gasteiger partial charge < -0.3 is 16.4 Å². The van der Waals surface area contributed by atoms with E-state index in [2.05, 4.69) is 24.1 Å². The van der Waals surface area contributed by atoms with Crippen LogP contribution in [0.5, 0.6) is 0 Å². The summed E-state index contributed by atoms with van der Waals surface area (Å²) in [6, 6.07) is 0.965. The number of rotatable bonds is 6. The number of carbonyl (C=O) groups excluding carboxylic acids is 2. The number of carbonyl (C=O) groups is 2. The molecule has 23 heavy (non-hydrogen) atoms. The van der Waals surface area contributed by atoms with Gasteiger partial charge in [0.2, 0.25) is 11.8 Å². The highest BCUT2D eigenvalue weighted by Gasteiger charge is 2.03. The second kappa shape index (κ2) is 17.0. The third kappa shape index (κ3) is 25.9. The van der Waals surface area contributed by atoms with Crippen molar-refractivity contribution in [2.45, 2.75) is 92.8 Å². The fourth-order valence-corrected chi connectivity index (χ4v) is 0.898. The van der Waals surface area contributed by atoms with Crippen molar-refractivity contribution in [3.05, 3.63) is 12.2 Å². The van der Waals surface area contributed by atoms with E-state index in [1.54, 1.807) is 6.92 Å². The molecule has 0 rings (SSSR count). The lowest BCUT2D eigenvalue weighted by Crippen LogP contribution is -2.32. The maximum Gasteiger partial charge on any atom is 0.246 e. The predicted octanol–water partition coefficient (Wildman–Crippen LogP) is 3.14. The van der Waals surface area contributed by atoms with Gasteiger partial charge in [0.15, 0.2) is 0 Å². The van der Waals surface area contributed by atoms with Gasteiger partial charge in [-0.05, 0) is 47.0 Å². The molecule has 0 spiro atoms. The maximum absolute atomic E-state index is 10.9. The molecule has 4 N–H and O–H groups in total. The van der Waals surface area contributed by atoms with Crippen LogP contribution in [0.1, 0.15) is 74.7 Å².